The predicted molar refractivity (Wildman–Crippen MR) is 66.3 cm³/mol. The number of amides is 1. The molecule has 1 aromatic rings. The molecule has 0 aromatic carbocycles. The maximum atomic E-state index is 11.9. The molecule has 1 aromatic heterocycles. The number of aryl methyl sites for hydroxylation is 1. The van der Waals surface area contributed by atoms with Crippen LogP contribution in [0.4, 0.5) is 0 Å². The van der Waals surface area contributed by atoms with Crippen molar-refractivity contribution in [1.82, 2.24) is 20.6 Å². The summed E-state index contributed by atoms with van der Waals surface area (Å²) in [6.07, 6.45) is 2.66. The Morgan fingerprint density at radius 3 is 2.82 bits per heavy atom. The summed E-state index contributed by atoms with van der Waals surface area (Å²) in [5.41, 5.74) is 0.808. The van der Waals surface area contributed by atoms with Gasteiger partial charge in [0, 0.05) is 6.04 Å². The topological polar surface area (TPSA) is 69.8 Å². The van der Waals surface area contributed by atoms with Gasteiger partial charge in [-0.2, -0.15) is 0 Å². The molecule has 2 heterocycles. The van der Waals surface area contributed by atoms with Crippen LogP contribution in [-0.4, -0.2) is 35.0 Å². The predicted octanol–water partition coefficient (Wildman–Crippen LogP) is 1.11. The smallest absolute Gasteiger partial charge is 0.287 e. The van der Waals surface area contributed by atoms with Gasteiger partial charge in [-0.15, -0.1) is 0 Å². The highest BCUT2D eigenvalue weighted by molar-refractivity contribution is 6.30. The van der Waals surface area contributed by atoms with Crippen LogP contribution in [0.3, 0.4) is 0 Å². The summed E-state index contributed by atoms with van der Waals surface area (Å²) in [4.78, 5) is 18.9. The number of H-pyrrole nitrogens is 1. The molecule has 17 heavy (non-hydrogen) atoms. The number of piperidine rings is 1. The molecule has 0 unspecified atom stereocenters. The molecule has 0 radical (unpaired) electrons. The molecule has 1 amide bonds. The van der Waals surface area contributed by atoms with Crippen molar-refractivity contribution in [2.24, 2.45) is 0 Å². The van der Waals surface area contributed by atoms with Gasteiger partial charge in [-0.3, -0.25) is 4.79 Å². The summed E-state index contributed by atoms with van der Waals surface area (Å²) in [5, 5.41) is 6.61. The van der Waals surface area contributed by atoms with Crippen molar-refractivity contribution < 1.29 is 4.79 Å². The van der Waals surface area contributed by atoms with Crippen LogP contribution in [0.1, 0.15) is 36.1 Å². The van der Waals surface area contributed by atoms with E-state index in [0.29, 0.717) is 11.0 Å². The number of hydrogen-bond acceptors (Lipinski definition) is 3. The van der Waals surface area contributed by atoms with Crippen LogP contribution in [0.2, 0.25) is 5.15 Å². The molecule has 0 atom stereocenters. The lowest BCUT2D eigenvalue weighted by molar-refractivity contribution is 0.0920. The van der Waals surface area contributed by atoms with Gasteiger partial charge < -0.3 is 15.6 Å². The van der Waals surface area contributed by atoms with Crippen LogP contribution >= 0.6 is 11.6 Å². The Balaban J connectivity index is 1.98. The zero-order chi connectivity index (χ0) is 12.3. The van der Waals surface area contributed by atoms with Gasteiger partial charge in [0.05, 0.1) is 5.69 Å². The highest BCUT2D eigenvalue weighted by atomic mass is 35.5. The van der Waals surface area contributed by atoms with E-state index in [0.717, 1.165) is 38.0 Å². The Morgan fingerprint density at radius 2 is 2.24 bits per heavy atom. The number of hydrogen-bond donors (Lipinski definition) is 3. The summed E-state index contributed by atoms with van der Waals surface area (Å²) >= 11 is 5.90. The van der Waals surface area contributed by atoms with E-state index in [-0.39, 0.29) is 11.9 Å². The van der Waals surface area contributed by atoms with Crippen molar-refractivity contribution in [1.29, 1.82) is 0 Å². The lowest BCUT2D eigenvalue weighted by Gasteiger charge is -2.23. The second-order valence-corrected chi connectivity index (χ2v) is 4.56. The molecule has 94 valence electrons. The van der Waals surface area contributed by atoms with Crippen molar-refractivity contribution in [2.45, 2.75) is 32.2 Å². The van der Waals surface area contributed by atoms with Gasteiger partial charge in [0.15, 0.2) is 11.0 Å². The summed E-state index contributed by atoms with van der Waals surface area (Å²) in [6, 6.07) is 0.234. The number of nitrogens with one attached hydrogen (secondary N) is 3. The molecule has 2 rings (SSSR count). The second-order valence-electron chi connectivity index (χ2n) is 4.21. The van der Waals surface area contributed by atoms with E-state index in [1.165, 1.54) is 0 Å². The van der Waals surface area contributed by atoms with Crippen LogP contribution in [0.5, 0.6) is 0 Å². The molecule has 0 saturated carbocycles. The van der Waals surface area contributed by atoms with Gasteiger partial charge in [0.1, 0.15) is 0 Å². The minimum Gasteiger partial charge on any atom is -0.347 e. The van der Waals surface area contributed by atoms with Gasteiger partial charge in [0.25, 0.3) is 5.91 Å². The molecular formula is C11H17ClN4O. The molecule has 3 N–H and O–H groups in total. The maximum absolute atomic E-state index is 11.9. The second kappa shape index (κ2) is 5.51. The number of nitrogens with zero attached hydrogens (tertiary/aromatic N) is 1. The number of carbonyl (C=O) groups is 1. The Bertz CT molecular complexity index is 398. The number of carbonyl (C=O) groups excluding carboxylic acids is 1. The van der Waals surface area contributed by atoms with Crippen molar-refractivity contribution >= 4 is 17.5 Å². The first-order valence-electron chi connectivity index (χ1n) is 5.96. The molecule has 1 saturated heterocycles. The molecule has 1 aliphatic heterocycles. The van der Waals surface area contributed by atoms with Crippen LogP contribution in [0.15, 0.2) is 0 Å². The van der Waals surface area contributed by atoms with Crippen molar-refractivity contribution in [3.8, 4) is 0 Å². The van der Waals surface area contributed by atoms with E-state index in [1.54, 1.807) is 0 Å². The molecular weight excluding hydrogens is 240 g/mol. The third-order valence-corrected chi connectivity index (χ3v) is 3.28. The van der Waals surface area contributed by atoms with Gasteiger partial charge in [-0.1, -0.05) is 18.5 Å². The Kier molecular flexibility index (Phi) is 4.02. The fourth-order valence-corrected chi connectivity index (χ4v) is 2.22. The molecule has 0 aliphatic carbocycles. The molecule has 1 fully saturated rings. The van der Waals surface area contributed by atoms with Crippen LogP contribution in [0, 0.1) is 0 Å². The summed E-state index contributed by atoms with van der Waals surface area (Å²) in [7, 11) is 0. The molecule has 5 nitrogen and oxygen atoms in total. The van der Waals surface area contributed by atoms with Gasteiger partial charge in [0.2, 0.25) is 0 Å². The van der Waals surface area contributed by atoms with Gasteiger partial charge in [-0.25, -0.2) is 4.98 Å². The maximum Gasteiger partial charge on any atom is 0.287 e. The number of halogens is 1. The van der Waals surface area contributed by atoms with Gasteiger partial charge >= 0.3 is 0 Å². The van der Waals surface area contributed by atoms with E-state index in [4.69, 9.17) is 11.6 Å². The highest BCUT2D eigenvalue weighted by Gasteiger charge is 2.19. The molecule has 1 aliphatic rings. The number of rotatable bonds is 3. The highest BCUT2D eigenvalue weighted by Crippen LogP contribution is 2.13. The van der Waals surface area contributed by atoms with Crippen molar-refractivity contribution in [2.75, 3.05) is 13.1 Å². The zero-order valence-corrected chi connectivity index (χ0v) is 10.6. The van der Waals surface area contributed by atoms with E-state index in [9.17, 15) is 4.79 Å². The largest absolute Gasteiger partial charge is 0.347 e. The standard InChI is InChI=1S/C11H17ClN4O/c1-2-8-9(12)16-10(15-8)11(17)14-7-3-5-13-6-4-7/h7,13H,2-6H2,1H3,(H,14,17)(H,15,16). The minimum atomic E-state index is -0.168. The minimum absolute atomic E-state index is 0.168. The first-order chi connectivity index (χ1) is 8.20. The third-order valence-electron chi connectivity index (χ3n) is 2.97. The average molecular weight is 257 g/mol. The summed E-state index contributed by atoms with van der Waals surface area (Å²) in [6.45, 7) is 3.86. The molecule has 0 bridgehead atoms. The normalized spacial score (nSPS) is 17.1. The Labute approximate surface area is 105 Å². The van der Waals surface area contributed by atoms with Crippen LogP contribution < -0.4 is 10.6 Å². The fraction of sp³-hybridized carbons (Fsp3) is 0.636. The molecule has 6 heteroatoms. The quantitative estimate of drug-likeness (QED) is 0.759. The van der Waals surface area contributed by atoms with E-state index in [1.807, 2.05) is 6.92 Å². The van der Waals surface area contributed by atoms with Crippen molar-refractivity contribution in [3.05, 3.63) is 16.7 Å². The van der Waals surface area contributed by atoms with E-state index >= 15 is 0 Å². The van der Waals surface area contributed by atoms with E-state index < -0.39 is 0 Å². The van der Waals surface area contributed by atoms with Gasteiger partial charge in [-0.05, 0) is 32.4 Å². The van der Waals surface area contributed by atoms with Crippen molar-refractivity contribution in [3.63, 3.8) is 0 Å². The van der Waals surface area contributed by atoms with E-state index in [2.05, 4.69) is 20.6 Å². The number of aromatic amines is 1. The lowest BCUT2D eigenvalue weighted by Crippen LogP contribution is -2.43. The number of aromatic nitrogens is 2. The van der Waals surface area contributed by atoms with Crippen LogP contribution in [0.25, 0.3) is 0 Å². The molecule has 0 spiro atoms. The SMILES string of the molecule is CCc1[nH]c(C(=O)NC2CCNCC2)nc1Cl. The Morgan fingerprint density at radius 1 is 1.53 bits per heavy atom. The first kappa shape index (κ1) is 12.4. The monoisotopic (exact) mass is 256 g/mol. The fourth-order valence-electron chi connectivity index (χ4n) is 1.95. The zero-order valence-electron chi connectivity index (χ0n) is 9.85. The first-order valence-corrected chi connectivity index (χ1v) is 6.34. The summed E-state index contributed by atoms with van der Waals surface area (Å²) in [5.74, 6) is 0.142. The average Bonchev–Trinajstić information content (AvgIpc) is 2.72. The summed E-state index contributed by atoms with van der Waals surface area (Å²) < 4.78 is 0. The number of imidazole rings is 1. The third kappa shape index (κ3) is 2.98. The van der Waals surface area contributed by atoms with Crippen LogP contribution in [-0.2, 0) is 6.42 Å². The lowest BCUT2D eigenvalue weighted by atomic mass is 10.1. The Hall–Kier alpha value is -1.07.